The molecule has 1 N–H and O–H groups in total. The predicted molar refractivity (Wildman–Crippen MR) is 62.7 cm³/mol. The average molecular weight is 215 g/mol. The van der Waals surface area contributed by atoms with Crippen molar-refractivity contribution in [3.63, 3.8) is 0 Å². The summed E-state index contributed by atoms with van der Waals surface area (Å²) in [4.78, 5) is 0. The fraction of sp³-hybridized carbons (Fsp3) is 0.500. The molecule has 2 atom stereocenters. The molecule has 0 saturated heterocycles. The summed E-state index contributed by atoms with van der Waals surface area (Å²) >= 11 is 0. The number of fused-ring (bicyclic) bond motifs is 1. The Labute approximate surface area is 96.5 Å². The minimum absolute atomic E-state index is 0.297. The Bertz CT molecular complexity index is 421. The average Bonchev–Trinajstić information content (AvgIpc) is 2.31. The molecule has 2 nitrogen and oxygen atoms in total. The lowest BCUT2D eigenvalue weighted by Crippen LogP contribution is -2.37. The first-order valence-electron chi connectivity index (χ1n) is 5.92. The van der Waals surface area contributed by atoms with E-state index in [1.165, 1.54) is 5.56 Å². The first-order valence-corrected chi connectivity index (χ1v) is 5.92. The summed E-state index contributed by atoms with van der Waals surface area (Å²) in [6.45, 7) is 1.96. The van der Waals surface area contributed by atoms with E-state index in [0.29, 0.717) is 12.8 Å². The highest BCUT2D eigenvalue weighted by Crippen LogP contribution is 2.41. The lowest BCUT2D eigenvalue weighted by Gasteiger charge is -2.37. The van der Waals surface area contributed by atoms with E-state index < -0.39 is 5.60 Å². The lowest BCUT2D eigenvalue weighted by atomic mass is 9.71. The van der Waals surface area contributed by atoms with E-state index in [4.69, 9.17) is 5.26 Å². The van der Waals surface area contributed by atoms with Gasteiger partial charge in [-0.15, -0.1) is 0 Å². The van der Waals surface area contributed by atoms with E-state index in [-0.39, 0.29) is 5.92 Å². The van der Waals surface area contributed by atoms with Gasteiger partial charge in [0.1, 0.15) is 5.60 Å². The monoisotopic (exact) mass is 215 g/mol. The van der Waals surface area contributed by atoms with Gasteiger partial charge < -0.3 is 5.11 Å². The van der Waals surface area contributed by atoms with Crippen LogP contribution in [0, 0.1) is 17.2 Å². The zero-order chi connectivity index (χ0) is 11.6. The Balaban J connectivity index is 2.48. The van der Waals surface area contributed by atoms with Crippen molar-refractivity contribution in [2.45, 2.75) is 38.2 Å². The van der Waals surface area contributed by atoms with Gasteiger partial charge in [-0.05, 0) is 36.8 Å². The summed E-state index contributed by atoms with van der Waals surface area (Å²) in [6, 6.07) is 10.2. The molecular weight excluding hydrogens is 198 g/mol. The van der Waals surface area contributed by atoms with Gasteiger partial charge in [0.2, 0.25) is 0 Å². The molecule has 2 unspecified atom stereocenters. The number of hydrogen-bond acceptors (Lipinski definition) is 2. The first-order chi connectivity index (χ1) is 7.72. The molecule has 1 aliphatic carbocycles. The highest BCUT2D eigenvalue weighted by Gasteiger charge is 2.40. The quantitative estimate of drug-likeness (QED) is 0.824. The number of rotatable bonds is 2. The van der Waals surface area contributed by atoms with Gasteiger partial charge >= 0.3 is 0 Å². The summed E-state index contributed by atoms with van der Waals surface area (Å²) in [7, 11) is 0. The Morgan fingerprint density at radius 2 is 2.25 bits per heavy atom. The molecule has 0 fully saturated rings. The minimum Gasteiger partial charge on any atom is -0.384 e. The highest BCUT2D eigenvalue weighted by atomic mass is 16.3. The summed E-state index contributed by atoms with van der Waals surface area (Å²) in [5, 5.41) is 19.9. The Hall–Kier alpha value is -1.33. The van der Waals surface area contributed by atoms with Crippen molar-refractivity contribution in [2.75, 3.05) is 0 Å². The Kier molecular flexibility index (Phi) is 2.98. The van der Waals surface area contributed by atoms with Gasteiger partial charge in [0.25, 0.3) is 0 Å². The molecule has 0 aliphatic heterocycles. The molecule has 0 saturated carbocycles. The van der Waals surface area contributed by atoms with Gasteiger partial charge in [0, 0.05) is 0 Å². The van der Waals surface area contributed by atoms with Crippen LogP contribution in [0.5, 0.6) is 0 Å². The number of aliphatic hydroxyl groups is 1. The van der Waals surface area contributed by atoms with Crippen molar-refractivity contribution in [2.24, 2.45) is 5.92 Å². The molecular formula is C14H17NO. The Morgan fingerprint density at radius 1 is 1.50 bits per heavy atom. The third kappa shape index (κ3) is 1.62. The van der Waals surface area contributed by atoms with Crippen molar-refractivity contribution < 1.29 is 5.11 Å². The topological polar surface area (TPSA) is 44.0 Å². The van der Waals surface area contributed by atoms with E-state index in [1.807, 2.05) is 25.1 Å². The number of nitriles is 1. The molecule has 0 heterocycles. The second-order valence-corrected chi connectivity index (χ2v) is 4.52. The van der Waals surface area contributed by atoms with Crippen molar-refractivity contribution in [3.05, 3.63) is 35.4 Å². The first kappa shape index (κ1) is 11.2. The number of aryl methyl sites for hydroxylation is 1. The van der Waals surface area contributed by atoms with Crippen molar-refractivity contribution in [1.29, 1.82) is 5.26 Å². The Morgan fingerprint density at radius 3 is 2.94 bits per heavy atom. The normalized spacial score (nSPS) is 25.6. The molecule has 16 heavy (non-hydrogen) atoms. The number of nitrogens with zero attached hydrogens (tertiary/aromatic N) is 1. The molecule has 0 radical (unpaired) electrons. The molecule has 0 bridgehead atoms. The van der Waals surface area contributed by atoms with Crippen LogP contribution in [0.2, 0.25) is 0 Å². The smallest absolute Gasteiger partial charge is 0.106 e. The van der Waals surface area contributed by atoms with Crippen molar-refractivity contribution >= 4 is 0 Å². The minimum atomic E-state index is -0.932. The van der Waals surface area contributed by atoms with E-state index in [2.05, 4.69) is 12.1 Å². The van der Waals surface area contributed by atoms with Crippen molar-refractivity contribution in [3.8, 4) is 6.07 Å². The van der Waals surface area contributed by atoms with E-state index in [1.54, 1.807) is 0 Å². The molecule has 2 rings (SSSR count). The van der Waals surface area contributed by atoms with E-state index >= 15 is 0 Å². The van der Waals surface area contributed by atoms with Gasteiger partial charge in [-0.1, -0.05) is 31.2 Å². The van der Waals surface area contributed by atoms with Crippen LogP contribution < -0.4 is 0 Å². The fourth-order valence-electron chi connectivity index (χ4n) is 2.74. The largest absolute Gasteiger partial charge is 0.384 e. The van der Waals surface area contributed by atoms with Gasteiger partial charge in [-0.2, -0.15) is 5.26 Å². The van der Waals surface area contributed by atoms with Gasteiger partial charge in [0.05, 0.1) is 12.0 Å². The maximum absolute atomic E-state index is 10.8. The summed E-state index contributed by atoms with van der Waals surface area (Å²) < 4.78 is 0. The zero-order valence-corrected chi connectivity index (χ0v) is 9.61. The van der Waals surface area contributed by atoms with Crippen LogP contribution in [0.4, 0.5) is 0 Å². The van der Waals surface area contributed by atoms with Crippen LogP contribution in [0.3, 0.4) is 0 Å². The molecule has 1 aliphatic rings. The second-order valence-electron chi connectivity index (χ2n) is 4.52. The fourth-order valence-corrected chi connectivity index (χ4v) is 2.74. The second kappa shape index (κ2) is 4.27. The molecule has 1 aromatic rings. The van der Waals surface area contributed by atoms with Crippen LogP contribution >= 0.6 is 0 Å². The lowest BCUT2D eigenvalue weighted by molar-refractivity contribution is -0.0203. The van der Waals surface area contributed by atoms with E-state index in [9.17, 15) is 5.11 Å². The predicted octanol–water partition coefficient (Wildman–Crippen LogP) is 2.76. The number of benzene rings is 1. The molecule has 0 amide bonds. The highest BCUT2D eigenvalue weighted by molar-refractivity contribution is 5.36. The maximum atomic E-state index is 10.8. The molecule has 84 valence electrons. The summed E-state index contributed by atoms with van der Waals surface area (Å²) in [5.41, 5.74) is 1.23. The molecule has 1 aromatic carbocycles. The summed E-state index contributed by atoms with van der Waals surface area (Å²) in [5.74, 6) is -0.297. The van der Waals surface area contributed by atoms with E-state index in [0.717, 1.165) is 18.4 Å². The van der Waals surface area contributed by atoms with Crippen LogP contribution in [0.15, 0.2) is 24.3 Å². The molecule has 2 heteroatoms. The SMILES string of the molecule is CCC(C#N)C1(O)CCCc2ccccc21. The molecule has 0 spiro atoms. The van der Waals surface area contributed by atoms with Gasteiger partial charge in [-0.25, -0.2) is 0 Å². The van der Waals surface area contributed by atoms with Crippen LogP contribution in [0.1, 0.15) is 37.3 Å². The number of hydrogen-bond donors (Lipinski definition) is 1. The van der Waals surface area contributed by atoms with Gasteiger partial charge in [0.15, 0.2) is 0 Å². The third-order valence-corrected chi connectivity index (χ3v) is 3.63. The maximum Gasteiger partial charge on any atom is 0.106 e. The van der Waals surface area contributed by atoms with Crippen LogP contribution in [-0.2, 0) is 12.0 Å². The summed E-state index contributed by atoms with van der Waals surface area (Å²) in [6.07, 6.45) is 3.38. The van der Waals surface area contributed by atoms with Gasteiger partial charge in [-0.3, -0.25) is 0 Å². The third-order valence-electron chi connectivity index (χ3n) is 3.63. The van der Waals surface area contributed by atoms with Crippen molar-refractivity contribution in [1.82, 2.24) is 0 Å². The zero-order valence-electron chi connectivity index (χ0n) is 9.61. The standard InChI is InChI=1S/C14H17NO/c1-2-12(10-15)14(16)9-5-7-11-6-3-4-8-13(11)14/h3-4,6,8,12,16H,2,5,7,9H2,1H3. The van der Waals surface area contributed by atoms with Crippen LogP contribution in [0.25, 0.3) is 0 Å². The van der Waals surface area contributed by atoms with Crippen LogP contribution in [-0.4, -0.2) is 5.11 Å². The molecule has 0 aromatic heterocycles.